The second kappa shape index (κ2) is 5.49. The highest BCUT2D eigenvalue weighted by atomic mass is 14.5. The Morgan fingerprint density at radius 3 is 1.42 bits per heavy atom. The smallest absolute Gasteiger partial charge is 0.00670 e. The fourth-order valence-corrected chi connectivity index (χ4v) is 4.74. The van der Waals surface area contributed by atoms with E-state index in [9.17, 15) is 0 Å². The van der Waals surface area contributed by atoms with Crippen LogP contribution >= 0.6 is 0 Å². The molecule has 1 fully saturated rings. The van der Waals surface area contributed by atoms with Gasteiger partial charge in [-0.1, -0.05) is 84.9 Å². The molecule has 0 aliphatic heterocycles. The Hall–Kier alpha value is -2.60. The van der Waals surface area contributed by atoms with Gasteiger partial charge in [0.1, 0.15) is 0 Å². The van der Waals surface area contributed by atoms with Crippen molar-refractivity contribution in [1.82, 2.24) is 0 Å². The van der Waals surface area contributed by atoms with Gasteiger partial charge in [-0.3, -0.25) is 0 Å². The Kier molecular flexibility index (Phi) is 3.16. The Morgan fingerprint density at radius 2 is 0.958 bits per heavy atom. The third kappa shape index (κ3) is 1.99. The van der Waals surface area contributed by atoms with E-state index in [1.54, 1.807) is 16.7 Å². The zero-order valence-electron chi connectivity index (χ0n) is 13.7. The SMILES string of the molecule is c1ccc(C(=C2[C@H]3CC[C@H]2c2ccccc23)c2ccccc2)cc1. The van der Waals surface area contributed by atoms with Crippen LogP contribution in [0.5, 0.6) is 0 Å². The molecule has 3 aromatic carbocycles. The van der Waals surface area contributed by atoms with Crippen LogP contribution in [0.3, 0.4) is 0 Å². The molecule has 116 valence electrons. The van der Waals surface area contributed by atoms with Crippen molar-refractivity contribution in [3.8, 4) is 0 Å². The van der Waals surface area contributed by atoms with Gasteiger partial charge in [-0.25, -0.2) is 0 Å². The maximum atomic E-state index is 2.34. The summed E-state index contributed by atoms with van der Waals surface area (Å²) in [4.78, 5) is 0. The topological polar surface area (TPSA) is 0 Å². The maximum Gasteiger partial charge on any atom is 0.00670 e. The lowest BCUT2D eigenvalue weighted by molar-refractivity contribution is 0.717. The van der Waals surface area contributed by atoms with Crippen molar-refractivity contribution in [3.63, 3.8) is 0 Å². The summed E-state index contributed by atoms with van der Waals surface area (Å²) in [5, 5.41) is 0. The van der Waals surface area contributed by atoms with Crippen LogP contribution in [-0.2, 0) is 0 Å². The molecule has 0 aromatic heterocycles. The van der Waals surface area contributed by atoms with Gasteiger partial charge in [0.25, 0.3) is 0 Å². The summed E-state index contributed by atoms with van der Waals surface area (Å²) < 4.78 is 0. The van der Waals surface area contributed by atoms with Gasteiger partial charge in [-0.05, 0) is 46.2 Å². The van der Waals surface area contributed by atoms with E-state index in [-0.39, 0.29) is 0 Å². The van der Waals surface area contributed by atoms with Gasteiger partial charge >= 0.3 is 0 Å². The quantitative estimate of drug-likeness (QED) is 0.531. The number of hydrogen-bond donors (Lipinski definition) is 0. The Labute approximate surface area is 143 Å². The van der Waals surface area contributed by atoms with Crippen LogP contribution in [0.15, 0.2) is 90.5 Å². The first-order valence-electron chi connectivity index (χ1n) is 8.87. The van der Waals surface area contributed by atoms with E-state index in [4.69, 9.17) is 0 Å². The molecule has 0 heteroatoms. The summed E-state index contributed by atoms with van der Waals surface area (Å²) in [5.74, 6) is 1.20. The highest BCUT2D eigenvalue weighted by Crippen LogP contribution is 2.59. The molecule has 2 aliphatic rings. The number of benzene rings is 3. The Morgan fingerprint density at radius 1 is 0.542 bits per heavy atom. The van der Waals surface area contributed by atoms with Gasteiger partial charge < -0.3 is 0 Å². The summed E-state index contributed by atoms with van der Waals surface area (Å²) in [6, 6.07) is 31.0. The highest BCUT2D eigenvalue weighted by Gasteiger charge is 2.42. The molecule has 5 rings (SSSR count). The van der Waals surface area contributed by atoms with Crippen LogP contribution in [0.2, 0.25) is 0 Å². The summed E-state index contributed by atoms with van der Waals surface area (Å²) in [7, 11) is 0. The average molecular weight is 308 g/mol. The van der Waals surface area contributed by atoms with Gasteiger partial charge in [-0.15, -0.1) is 0 Å². The fraction of sp³-hybridized carbons (Fsp3) is 0.167. The lowest BCUT2D eigenvalue weighted by Crippen LogP contribution is -1.97. The molecule has 0 spiro atoms. The normalized spacial score (nSPS) is 20.9. The number of rotatable bonds is 2. The van der Waals surface area contributed by atoms with Crippen LogP contribution in [0, 0.1) is 0 Å². The van der Waals surface area contributed by atoms with E-state index in [0.717, 1.165) is 0 Å². The Bertz CT molecular complexity index is 829. The molecule has 3 aromatic rings. The predicted molar refractivity (Wildman–Crippen MR) is 100 cm³/mol. The molecule has 2 atom stereocenters. The van der Waals surface area contributed by atoms with Crippen LogP contribution < -0.4 is 0 Å². The van der Waals surface area contributed by atoms with Crippen LogP contribution in [-0.4, -0.2) is 0 Å². The summed E-state index contributed by atoms with van der Waals surface area (Å²) in [6.07, 6.45) is 2.58. The van der Waals surface area contributed by atoms with Crippen molar-refractivity contribution >= 4 is 5.57 Å². The first-order valence-corrected chi connectivity index (χ1v) is 8.87. The molecular formula is C24H20. The molecule has 0 amide bonds. The summed E-state index contributed by atoms with van der Waals surface area (Å²) >= 11 is 0. The highest BCUT2D eigenvalue weighted by molar-refractivity contribution is 5.85. The van der Waals surface area contributed by atoms with Crippen LogP contribution in [0.25, 0.3) is 5.57 Å². The number of hydrogen-bond acceptors (Lipinski definition) is 0. The van der Waals surface area contributed by atoms with E-state index < -0.39 is 0 Å². The molecule has 0 N–H and O–H groups in total. The molecule has 0 heterocycles. The van der Waals surface area contributed by atoms with Crippen molar-refractivity contribution in [2.24, 2.45) is 0 Å². The molecule has 0 saturated heterocycles. The molecule has 0 radical (unpaired) electrons. The molecule has 2 aliphatic carbocycles. The molecule has 2 bridgehead atoms. The molecular weight excluding hydrogens is 288 g/mol. The lowest BCUT2D eigenvalue weighted by atomic mass is 9.87. The van der Waals surface area contributed by atoms with Gasteiger partial charge in [0.05, 0.1) is 0 Å². The average Bonchev–Trinajstić information content (AvgIpc) is 3.21. The largest absolute Gasteiger partial charge is 0.0622 e. The second-order valence-electron chi connectivity index (χ2n) is 6.87. The van der Waals surface area contributed by atoms with Crippen molar-refractivity contribution in [1.29, 1.82) is 0 Å². The van der Waals surface area contributed by atoms with Crippen LogP contribution in [0.1, 0.15) is 46.9 Å². The fourth-order valence-electron chi connectivity index (χ4n) is 4.74. The second-order valence-corrected chi connectivity index (χ2v) is 6.87. The minimum Gasteiger partial charge on any atom is -0.0622 e. The zero-order valence-corrected chi connectivity index (χ0v) is 13.7. The van der Waals surface area contributed by atoms with E-state index >= 15 is 0 Å². The van der Waals surface area contributed by atoms with Crippen molar-refractivity contribution in [3.05, 3.63) is 113 Å². The van der Waals surface area contributed by atoms with Gasteiger partial charge in [0.2, 0.25) is 0 Å². The summed E-state index contributed by atoms with van der Waals surface area (Å²) in [6.45, 7) is 0. The molecule has 0 nitrogen and oxygen atoms in total. The van der Waals surface area contributed by atoms with Crippen LogP contribution in [0.4, 0.5) is 0 Å². The van der Waals surface area contributed by atoms with E-state index in [1.165, 1.54) is 29.5 Å². The maximum absolute atomic E-state index is 2.34. The third-order valence-electron chi connectivity index (χ3n) is 5.66. The monoisotopic (exact) mass is 308 g/mol. The standard InChI is InChI=1S/C24H20/c1-3-9-17(10-4-1)23(18-11-5-2-6-12-18)24-21-15-16-22(24)20-14-8-7-13-19(20)21/h1-14,21-22H,15-16H2/t21-,22-/m0/s1. The van der Waals surface area contributed by atoms with Gasteiger partial charge in [0, 0.05) is 11.8 Å². The number of fused-ring (bicyclic) bond motifs is 5. The van der Waals surface area contributed by atoms with E-state index in [2.05, 4.69) is 84.9 Å². The van der Waals surface area contributed by atoms with Crippen molar-refractivity contribution < 1.29 is 0 Å². The van der Waals surface area contributed by atoms with E-state index in [1.807, 2.05) is 0 Å². The number of allylic oxidation sites excluding steroid dienone is 1. The van der Waals surface area contributed by atoms with Crippen molar-refractivity contribution in [2.75, 3.05) is 0 Å². The predicted octanol–water partition coefficient (Wildman–Crippen LogP) is 6.16. The van der Waals surface area contributed by atoms with Gasteiger partial charge in [0.15, 0.2) is 0 Å². The lowest BCUT2D eigenvalue weighted by Gasteiger charge is -2.16. The minimum atomic E-state index is 0.599. The first-order chi connectivity index (χ1) is 11.9. The van der Waals surface area contributed by atoms with E-state index in [0.29, 0.717) is 11.8 Å². The molecule has 0 unspecified atom stereocenters. The molecule has 24 heavy (non-hydrogen) atoms. The minimum absolute atomic E-state index is 0.599. The van der Waals surface area contributed by atoms with Gasteiger partial charge in [-0.2, -0.15) is 0 Å². The Balaban J connectivity index is 1.79. The molecule has 1 saturated carbocycles. The third-order valence-corrected chi connectivity index (χ3v) is 5.66. The zero-order chi connectivity index (χ0) is 15.9. The van der Waals surface area contributed by atoms with Crippen molar-refractivity contribution in [2.45, 2.75) is 24.7 Å². The first kappa shape index (κ1) is 13.8. The summed E-state index contributed by atoms with van der Waals surface area (Å²) in [5.41, 5.74) is 8.93.